The lowest BCUT2D eigenvalue weighted by molar-refractivity contribution is 0.491. The maximum Gasteiger partial charge on any atom is 0.309 e. The van der Waals surface area contributed by atoms with Gasteiger partial charge in [0.05, 0.1) is 12.8 Å². The van der Waals surface area contributed by atoms with E-state index in [9.17, 15) is 4.79 Å². The quantitative estimate of drug-likeness (QED) is 0.594. The second kappa shape index (κ2) is 2.91. The average molecular weight is 124 g/mol. The lowest BCUT2D eigenvalue weighted by Crippen LogP contribution is -2.08. The van der Waals surface area contributed by atoms with E-state index in [1.807, 2.05) is 0 Å². The molecule has 9 heavy (non-hydrogen) atoms. The molecule has 0 unspecified atom stereocenters. The molecular formula is C6H6NO2. The molecule has 1 radical (unpaired) electrons. The number of hydrogen-bond donors (Lipinski definition) is 1. The SMILES string of the molecule is O=[C]NCc1ccco1. The molecule has 0 spiro atoms. The maximum absolute atomic E-state index is 9.62. The molecule has 0 aliphatic heterocycles. The van der Waals surface area contributed by atoms with E-state index in [4.69, 9.17) is 4.42 Å². The molecule has 1 aromatic heterocycles. The Hall–Kier alpha value is -1.25. The van der Waals surface area contributed by atoms with Crippen LogP contribution in [-0.2, 0) is 11.3 Å². The van der Waals surface area contributed by atoms with Gasteiger partial charge in [-0.05, 0) is 12.1 Å². The van der Waals surface area contributed by atoms with E-state index in [0.717, 1.165) is 5.76 Å². The molecule has 3 nitrogen and oxygen atoms in total. The van der Waals surface area contributed by atoms with Crippen molar-refractivity contribution in [2.45, 2.75) is 6.54 Å². The van der Waals surface area contributed by atoms with Gasteiger partial charge in [-0.25, -0.2) is 0 Å². The first kappa shape index (κ1) is 5.88. The van der Waals surface area contributed by atoms with E-state index in [0.29, 0.717) is 6.54 Å². The summed E-state index contributed by atoms with van der Waals surface area (Å²) in [5, 5.41) is 2.35. The van der Waals surface area contributed by atoms with Crippen LogP contribution in [0.25, 0.3) is 0 Å². The van der Waals surface area contributed by atoms with E-state index in [2.05, 4.69) is 5.32 Å². The molecule has 1 heterocycles. The van der Waals surface area contributed by atoms with Gasteiger partial charge in [-0.3, -0.25) is 4.79 Å². The van der Waals surface area contributed by atoms with E-state index in [1.54, 1.807) is 24.8 Å². The number of carbonyl (C=O) groups excluding carboxylic acids is 1. The van der Waals surface area contributed by atoms with Crippen LogP contribution in [0.2, 0.25) is 0 Å². The van der Waals surface area contributed by atoms with E-state index in [1.165, 1.54) is 0 Å². The van der Waals surface area contributed by atoms with Gasteiger partial charge in [0.15, 0.2) is 0 Å². The zero-order valence-corrected chi connectivity index (χ0v) is 4.76. The summed E-state index contributed by atoms with van der Waals surface area (Å²) in [6, 6.07) is 3.55. The van der Waals surface area contributed by atoms with Crippen LogP contribution in [0, 0.1) is 0 Å². The van der Waals surface area contributed by atoms with Crippen LogP contribution in [0.15, 0.2) is 22.8 Å². The van der Waals surface area contributed by atoms with Crippen molar-refractivity contribution in [1.82, 2.24) is 5.32 Å². The Kier molecular flexibility index (Phi) is 1.90. The third-order valence-electron chi connectivity index (χ3n) is 0.915. The van der Waals surface area contributed by atoms with Gasteiger partial charge in [-0.1, -0.05) is 0 Å². The van der Waals surface area contributed by atoms with E-state index >= 15 is 0 Å². The normalized spacial score (nSPS) is 8.89. The lowest BCUT2D eigenvalue weighted by atomic mass is 10.4. The summed E-state index contributed by atoms with van der Waals surface area (Å²) < 4.78 is 4.89. The van der Waals surface area contributed by atoms with Crippen LogP contribution in [0.5, 0.6) is 0 Å². The number of rotatable bonds is 3. The minimum absolute atomic E-state index is 0.413. The number of amides is 1. The first-order valence-corrected chi connectivity index (χ1v) is 2.56. The second-order valence-corrected chi connectivity index (χ2v) is 1.53. The molecule has 47 valence electrons. The number of furan rings is 1. The van der Waals surface area contributed by atoms with Gasteiger partial charge < -0.3 is 9.73 Å². The van der Waals surface area contributed by atoms with Crippen LogP contribution in [-0.4, -0.2) is 6.41 Å². The summed E-state index contributed by atoms with van der Waals surface area (Å²) >= 11 is 0. The lowest BCUT2D eigenvalue weighted by Gasteiger charge is -1.88. The Morgan fingerprint density at radius 2 is 2.67 bits per heavy atom. The smallest absolute Gasteiger partial charge is 0.309 e. The van der Waals surface area contributed by atoms with Crippen molar-refractivity contribution in [1.29, 1.82) is 0 Å². The molecule has 0 saturated carbocycles. The first-order valence-electron chi connectivity index (χ1n) is 2.56. The fourth-order valence-electron chi connectivity index (χ4n) is 0.536. The molecule has 1 N–H and O–H groups in total. The molecule has 1 amide bonds. The van der Waals surface area contributed by atoms with Crippen molar-refractivity contribution < 1.29 is 9.21 Å². The van der Waals surface area contributed by atoms with Crippen LogP contribution in [0.4, 0.5) is 0 Å². The summed E-state index contributed by atoms with van der Waals surface area (Å²) in [6.45, 7) is 0.413. The number of nitrogens with one attached hydrogen (secondary N) is 1. The standard InChI is InChI=1S/C6H6NO2/c8-5-7-4-6-2-1-3-9-6/h1-3H,4H2,(H,7,8). The molecule has 1 rings (SSSR count). The van der Waals surface area contributed by atoms with Crippen molar-refractivity contribution in [3.05, 3.63) is 24.2 Å². The minimum atomic E-state index is 0.413. The molecule has 0 aliphatic carbocycles. The number of hydrogen-bond acceptors (Lipinski definition) is 2. The molecule has 3 heteroatoms. The predicted octanol–water partition coefficient (Wildman–Crippen LogP) is 0.436. The Morgan fingerprint density at radius 1 is 1.78 bits per heavy atom. The Balaban J connectivity index is 2.38. The average Bonchev–Trinajstić information content (AvgIpc) is 2.34. The van der Waals surface area contributed by atoms with Crippen LogP contribution < -0.4 is 5.32 Å². The van der Waals surface area contributed by atoms with Crippen molar-refractivity contribution in [2.75, 3.05) is 0 Å². The predicted molar refractivity (Wildman–Crippen MR) is 31.2 cm³/mol. The maximum atomic E-state index is 9.62. The van der Waals surface area contributed by atoms with Crippen molar-refractivity contribution >= 4 is 6.41 Å². The van der Waals surface area contributed by atoms with Crippen LogP contribution in [0.3, 0.4) is 0 Å². The van der Waals surface area contributed by atoms with Crippen molar-refractivity contribution in [3.8, 4) is 0 Å². The molecule has 0 fully saturated rings. The van der Waals surface area contributed by atoms with Gasteiger partial charge in [0.25, 0.3) is 0 Å². The Morgan fingerprint density at radius 3 is 3.22 bits per heavy atom. The highest BCUT2D eigenvalue weighted by molar-refractivity contribution is 5.46. The molecule has 0 atom stereocenters. The topological polar surface area (TPSA) is 42.2 Å². The summed E-state index contributed by atoms with van der Waals surface area (Å²) in [6.07, 6.45) is 3.10. The summed E-state index contributed by atoms with van der Waals surface area (Å²) in [4.78, 5) is 9.62. The van der Waals surface area contributed by atoms with Crippen molar-refractivity contribution in [2.24, 2.45) is 0 Å². The van der Waals surface area contributed by atoms with Gasteiger partial charge in [-0.15, -0.1) is 0 Å². The first-order chi connectivity index (χ1) is 4.43. The Labute approximate surface area is 52.7 Å². The highest BCUT2D eigenvalue weighted by Gasteiger charge is 1.90. The molecular weight excluding hydrogens is 118 g/mol. The molecule has 0 bridgehead atoms. The third-order valence-corrected chi connectivity index (χ3v) is 0.915. The summed E-state index contributed by atoms with van der Waals surface area (Å²) in [5.41, 5.74) is 0. The second-order valence-electron chi connectivity index (χ2n) is 1.53. The Bertz CT molecular complexity index is 169. The van der Waals surface area contributed by atoms with Gasteiger partial charge in [0, 0.05) is 0 Å². The van der Waals surface area contributed by atoms with Crippen molar-refractivity contribution in [3.63, 3.8) is 0 Å². The monoisotopic (exact) mass is 124 g/mol. The van der Waals surface area contributed by atoms with E-state index in [-0.39, 0.29) is 0 Å². The highest BCUT2D eigenvalue weighted by Crippen LogP contribution is 1.97. The molecule has 0 aliphatic rings. The third kappa shape index (κ3) is 1.60. The summed E-state index contributed by atoms with van der Waals surface area (Å²) in [5.74, 6) is 0.735. The largest absolute Gasteiger partial charge is 0.467 e. The van der Waals surface area contributed by atoms with Gasteiger partial charge in [0.1, 0.15) is 5.76 Å². The highest BCUT2D eigenvalue weighted by atomic mass is 16.3. The molecule has 0 aromatic carbocycles. The van der Waals surface area contributed by atoms with Gasteiger partial charge in [-0.2, -0.15) is 0 Å². The summed E-state index contributed by atoms with van der Waals surface area (Å²) in [7, 11) is 0. The zero-order valence-electron chi connectivity index (χ0n) is 4.76. The fraction of sp³-hybridized carbons (Fsp3) is 0.167. The molecule has 1 aromatic rings. The minimum Gasteiger partial charge on any atom is -0.467 e. The van der Waals surface area contributed by atoms with Gasteiger partial charge in [0.2, 0.25) is 0 Å². The fourth-order valence-corrected chi connectivity index (χ4v) is 0.536. The van der Waals surface area contributed by atoms with Crippen LogP contribution >= 0.6 is 0 Å². The van der Waals surface area contributed by atoms with E-state index < -0.39 is 0 Å². The van der Waals surface area contributed by atoms with Crippen LogP contribution in [0.1, 0.15) is 5.76 Å². The van der Waals surface area contributed by atoms with Gasteiger partial charge >= 0.3 is 6.41 Å². The zero-order chi connectivity index (χ0) is 6.53. The molecule has 0 saturated heterocycles.